The summed E-state index contributed by atoms with van der Waals surface area (Å²) >= 11 is 6.08. The fraction of sp³-hybridized carbons (Fsp3) is 0.333. The third kappa shape index (κ3) is 2.37. The third-order valence-corrected chi connectivity index (χ3v) is 4.08. The summed E-state index contributed by atoms with van der Waals surface area (Å²) < 4.78 is 38.3. The highest BCUT2D eigenvalue weighted by atomic mass is 79.9. The van der Waals surface area contributed by atoms with Crippen LogP contribution in [0.1, 0.15) is 12.5 Å². The van der Waals surface area contributed by atoms with Gasteiger partial charge >= 0.3 is 6.18 Å². The second-order valence-corrected chi connectivity index (χ2v) is 4.82. The lowest BCUT2D eigenvalue weighted by molar-refractivity contribution is -0.259. The molecule has 1 atom stereocenters. The van der Waals surface area contributed by atoms with E-state index in [1.807, 2.05) is 0 Å². The van der Waals surface area contributed by atoms with E-state index in [4.69, 9.17) is 0 Å². The molecular formula is C9H7Br2F3O. The minimum Gasteiger partial charge on any atom is -0.376 e. The fourth-order valence-corrected chi connectivity index (χ4v) is 2.05. The van der Waals surface area contributed by atoms with Gasteiger partial charge in [-0.3, -0.25) is 0 Å². The Hall–Kier alpha value is -0.0700. The van der Waals surface area contributed by atoms with Crippen LogP contribution in [0, 0.1) is 0 Å². The van der Waals surface area contributed by atoms with Crippen molar-refractivity contribution in [2.75, 3.05) is 0 Å². The summed E-state index contributed by atoms with van der Waals surface area (Å²) in [4.78, 5) is 0. The van der Waals surface area contributed by atoms with Gasteiger partial charge in [0.15, 0.2) is 5.60 Å². The van der Waals surface area contributed by atoms with Gasteiger partial charge in [0.2, 0.25) is 0 Å². The number of hydrogen-bond acceptors (Lipinski definition) is 1. The number of benzene rings is 1. The van der Waals surface area contributed by atoms with E-state index >= 15 is 0 Å². The summed E-state index contributed by atoms with van der Waals surface area (Å²) in [5.41, 5.74) is -3.08. The molecule has 0 aromatic heterocycles. The van der Waals surface area contributed by atoms with E-state index < -0.39 is 11.8 Å². The monoisotopic (exact) mass is 346 g/mol. The van der Waals surface area contributed by atoms with Gasteiger partial charge in [-0.15, -0.1) is 0 Å². The van der Waals surface area contributed by atoms with E-state index in [1.54, 1.807) is 6.07 Å². The van der Waals surface area contributed by atoms with Gasteiger partial charge in [0, 0.05) is 14.5 Å². The van der Waals surface area contributed by atoms with Crippen molar-refractivity contribution in [3.8, 4) is 0 Å². The highest BCUT2D eigenvalue weighted by Gasteiger charge is 2.52. The maximum absolute atomic E-state index is 12.5. The lowest BCUT2D eigenvalue weighted by atomic mass is 9.96. The first-order chi connectivity index (χ1) is 6.68. The van der Waals surface area contributed by atoms with Crippen molar-refractivity contribution < 1.29 is 18.3 Å². The molecule has 0 heterocycles. The summed E-state index contributed by atoms with van der Waals surface area (Å²) in [6, 6.07) is 4.24. The Morgan fingerprint density at radius 1 is 1.20 bits per heavy atom. The number of alkyl halides is 3. The van der Waals surface area contributed by atoms with E-state index in [2.05, 4.69) is 31.9 Å². The Morgan fingerprint density at radius 3 is 2.20 bits per heavy atom. The van der Waals surface area contributed by atoms with Gasteiger partial charge < -0.3 is 5.11 Å². The fourth-order valence-electron chi connectivity index (χ4n) is 1.03. The number of aliphatic hydroxyl groups is 1. The van der Waals surface area contributed by atoms with Gasteiger partial charge in [0.05, 0.1) is 0 Å². The largest absolute Gasteiger partial charge is 0.421 e. The molecule has 0 amide bonds. The van der Waals surface area contributed by atoms with Crippen molar-refractivity contribution in [3.05, 3.63) is 32.7 Å². The van der Waals surface area contributed by atoms with E-state index in [9.17, 15) is 18.3 Å². The Morgan fingerprint density at radius 2 is 1.73 bits per heavy atom. The quantitative estimate of drug-likeness (QED) is 0.814. The van der Waals surface area contributed by atoms with Crippen LogP contribution in [0.2, 0.25) is 0 Å². The minimum atomic E-state index is -4.71. The third-order valence-electron chi connectivity index (χ3n) is 2.03. The molecule has 0 fully saturated rings. The molecule has 0 radical (unpaired) electrons. The van der Waals surface area contributed by atoms with E-state index in [0.29, 0.717) is 4.47 Å². The lowest BCUT2D eigenvalue weighted by Gasteiger charge is -2.27. The Balaban J connectivity index is 3.34. The molecule has 6 heteroatoms. The zero-order valence-electron chi connectivity index (χ0n) is 7.57. The summed E-state index contributed by atoms with van der Waals surface area (Å²) in [6.45, 7) is 0.722. The van der Waals surface area contributed by atoms with Crippen LogP contribution in [0.15, 0.2) is 27.1 Å². The first-order valence-corrected chi connectivity index (χ1v) is 5.50. The van der Waals surface area contributed by atoms with Crippen molar-refractivity contribution >= 4 is 31.9 Å². The predicted octanol–water partition coefficient (Wildman–Crippen LogP) is 3.98. The predicted molar refractivity (Wildman–Crippen MR) is 57.5 cm³/mol. The second kappa shape index (κ2) is 4.07. The zero-order valence-corrected chi connectivity index (χ0v) is 10.7. The molecule has 0 saturated heterocycles. The molecule has 1 aromatic carbocycles. The van der Waals surface area contributed by atoms with Gasteiger partial charge in [0.25, 0.3) is 0 Å². The topological polar surface area (TPSA) is 20.2 Å². The van der Waals surface area contributed by atoms with E-state index in [1.165, 1.54) is 12.1 Å². The Bertz CT molecular complexity index is 374. The van der Waals surface area contributed by atoms with Crippen LogP contribution < -0.4 is 0 Å². The average Bonchev–Trinajstić information content (AvgIpc) is 2.07. The molecule has 1 unspecified atom stereocenters. The van der Waals surface area contributed by atoms with Gasteiger partial charge in [-0.1, -0.05) is 12.1 Å². The summed E-state index contributed by atoms with van der Waals surface area (Å²) in [5, 5.41) is 9.45. The van der Waals surface area contributed by atoms with Crippen molar-refractivity contribution in [2.24, 2.45) is 0 Å². The van der Waals surface area contributed by atoms with Crippen LogP contribution in [0.25, 0.3) is 0 Å². The van der Waals surface area contributed by atoms with Gasteiger partial charge in [0.1, 0.15) is 0 Å². The molecule has 1 aromatic rings. The maximum atomic E-state index is 12.5. The highest BCUT2D eigenvalue weighted by Crippen LogP contribution is 2.43. The summed E-state index contributed by atoms with van der Waals surface area (Å²) in [7, 11) is 0. The van der Waals surface area contributed by atoms with Gasteiger partial charge in [-0.05, 0) is 44.8 Å². The van der Waals surface area contributed by atoms with Crippen molar-refractivity contribution in [3.63, 3.8) is 0 Å². The summed E-state index contributed by atoms with van der Waals surface area (Å²) in [5.74, 6) is 0. The van der Waals surface area contributed by atoms with Crippen molar-refractivity contribution in [1.82, 2.24) is 0 Å². The van der Waals surface area contributed by atoms with Crippen LogP contribution in [-0.2, 0) is 5.60 Å². The first-order valence-electron chi connectivity index (χ1n) is 3.91. The molecule has 0 aliphatic heterocycles. The molecule has 84 valence electrons. The molecule has 0 aliphatic rings. The first kappa shape index (κ1) is 13.0. The molecule has 1 rings (SSSR count). The number of halogens is 5. The molecular weight excluding hydrogens is 341 g/mol. The molecule has 1 nitrogen and oxygen atoms in total. The SMILES string of the molecule is CC(O)(c1cccc(Br)c1Br)C(F)(F)F. The van der Waals surface area contributed by atoms with Crippen LogP contribution in [0.4, 0.5) is 13.2 Å². The van der Waals surface area contributed by atoms with Crippen LogP contribution in [-0.4, -0.2) is 11.3 Å². The van der Waals surface area contributed by atoms with Crippen LogP contribution >= 0.6 is 31.9 Å². The Kier molecular flexibility index (Phi) is 3.52. The maximum Gasteiger partial charge on any atom is 0.421 e. The smallest absolute Gasteiger partial charge is 0.376 e. The van der Waals surface area contributed by atoms with Crippen LogP contribution in [0.3, 0.4) is 0 Å². The molecule has 0 saturated carbocycles. The van der Waals surface area contributed by atoms with Gasteiger partial charge in [-0.2, -0.15) is 13.2 Å². The van der Waals surface area contributed by atoms with Crippen LogP contribution in [0.5, 0.6) is 0 Å². The highest BCUT2D eigenvalue weighted by molar-refractivity contribution is 9.13. The normalized spacial score (nSPS) is 16.2. The van der Waals surface area contributed by atoms with E-state index in [0.717, 1.165) is 6.92 Å². The van der Waals surface area contributed by atoms with Crippen molar-refractivity contribution in [2.45, 2.75) is 18.7 Å². The standard InChI is InChI=1S/C9H7Br2F3O/c1-8(15,9(12,13)14)5-3-2-4-6(10)7(5)11/h2-4,15H,1H3. The van der Waals surface area contributed by atoms with E-state index in [-0.39, 0.29) is 10.0 Å². The molecule has 0 spiro atoms. The van der Waals surface area contributed by atoms with Gasteiger partial charge in [-0.25, -0.2) is 0 Å². The molecule has 0 aliphatic carbocycles. The average molecular weight is 348 g/mol. The number of hydrogen-bond donors (Lipinski definition) is 1. The molecule has 1 N–H and O–H groups in total. The Labute approximate surface area is 102 Å². The zero-order chi connectivity index (χ0) is 11.9. The lowest BCUT2D eigenvalue weighted by Crippen LogP contribution is -2.39. The summed E-state index contributed by atoms with van der Waals surface area (Å²) in [6.07, 6.45) is -4.71. The van der Waals surface area contributed by atoms with Crippen molar-refractivity contribution in [1.29, 1.82) is 0 Å². The second-order valence-electron chi connectivity index (χ2n) is 3.17. The molecule has 0 bridgehead atoms. The minimum absolute atomic E-state index is 0.201. The molecule has 15 heavy (non-hydrogen) atoms. The number of rotatable bonds is 1.